The van der Waals surface area contributed by atoms with E-state index in [9.17, 15) is 4.79 Å². The molecule has 0 radical (unpaired) electrons. The molecule has 29 heavy (non-hydrogen) atoms. The monoisotopic (exact) mass is 382 g/mol. The number of hydrogen-bond acceptors (Lipinski definition) is 4. The van der Waals surface area contributed by atoms with Gasteiger partial charge in [-0.2, -0.15) is 0 Å². The largest absolute Gasteiger partial charge is 0.394 e. The first-order chi connectivity index (χ1) is 14.3. The van der Waals surface area contributed by atoms with Crippen LogP contribution in [0.3, 0.4) is 0 Å². The van der Waals surface area contributed by atoms with Crippen LogP contribution in [0.15, 0.2) is 88.2 Å². The minimum absolute atomic E-state index is 0.356. The van der Waals surface area contributed by atoms with Gasteiger partial charge in [-0.15, -0.1) is 0 Å². The van der Waals surface area contributed by atoms with Crippen molar-refractivity contribution < 1.29 is 10.0 Å². The van der Waals surface area contributed by atoms with E-state index in [1.54, 1.807) is 12.1 Å². The second-order valence-corrected chi connectivity index (χ2v) is 7.14. The molecule has 1 fully saturated rings. The van der Waals surface area contributed by atoms with Crippen molar-refractivity contribution in [3.05, 3.63) is 89.5 Å². The Bertz CT molecular complexity index is 1150. The van der Waals surface area contributed by atoms with Crippen LogP contribution >= 0.6 is 0 Å². The van der Waals surface area contributed by atoms with Crippen LogP contribution in [0.4, 0.5) is 17.1 Å². The number of amides is 1. The van der Waals surface area contributed by atoms with Crippen molar-refractivity contribution in [3.63, 3.8) is 0 Å². The number of hydrogen-bond donors (Lipinski definition) is 1. The van der Waals surface area contributed by atoms with E-state index in [1.165, 1.54) is 12.8 Å². The predicted molar refractivity (Wildman–Crippen MR) is 111 cm³/mol. The molecule has 3 aromatic carbocycles. The van der Waals surface area contributed by atoms with E-state index in [1.807, 2.05) is 36.4 Å². The molecule has 142 valence electrons. The maximum absolute atomic E-state index is 11.8. The van der Waals surface area contributed by atoms with Gasteiger partial charge in [-0.25, -0.2) is 4.99 Å². The lowest BCUT2D eigenvalue weighted by atomic mass is 9.99. The molecule has 6 nitrogen and oxygen atoms in total. The van der Waals surface area contributed by atoms with Gasteiger partial charge in [0.1, 0.15) is 0 Å². The zero-order valence-corrected chi connectivity index (χ0v) is 15.6. The lowest BCUT2D eigenvalue weighted by Gasteiger charge is -2.26. The first-order valence-electron chi connectivity index (χ1n) is 9.52. The number of benzene rings is 3. The Morgan fingerprint density at radius 1 is 0.931 bits per heavy atom. The van der Waals surface area contributed by atoms with E-state index >= 15 is 0 Å². The lowest BCUT2D eigenvalue weighted by molar-refractivity contribution is 0.0974. The third-order valence-electron chi connectivity index (χ3n) is 5.25. The van der Waals surface area contributed by atoms with Crippen molar-refractivity contribution in [2.45, 2.75) is 18.9 Å². The fourth-order valence-electron chi connectivity index (χ4n) is 3.77. The maximum atomic E-state index is 11.8. The van der Waals surface area contributed by atoms with E-state index in [-0.39, 0.29) is 0 Å². The van der Waals surface area contributed by atoms with Crippen LogP contribution in [0, 0.1) is 0 Å². The summed E-state index contributed by atoms with van der Waals surface area (Å²) < 4.78 is 0. The van der Waals surface area contributed by atoms with E-state index in [0.717, 1.165) is 33.9 Å². The summed E-state index contributed by atoms with van der Waals surface area (Å²) in [5, 5.41) is 14.2. The molecular weight excluding hydrogens is 364 g/mol. The van der Waals surface area contributed by atoms with Crippen molar-refractivity contribution in [2.75, 3.05) is 4.90 Å². The fourth-order valence-corrected chi connectivity index (χ4v) is 3.77. The molecule has 0 bridgehead atoms. The van der Waals surface area contributed by atoms with Gasteiger partial charge in [0.25, 0.3) is 5.91 Å². The minimum atomic E-state index is -0.590. The number of nitrogens with zero attached hydrogens (tertiary/aromatic N) is 4. The van der Waals surface area contributed by atoms with Crippen molar-refractivity contribution in [1.82, 2.24) is 0 Å². The van der Waals surface area contributed by atoms with Gasteiger partial charge in [0, 0.05) is 28.0 Å². The highest BCUT2D eigenvalue weighted by Crippen LogP contribution is 2.46. The summed E-state index contributed by atoms with van der Waals surface area (Å²) in [5.74, 6) is -0.590. The summed E-state index contributed by atoms with van der Waals surface area (Å²) in [7, 11) is 0. The first-order valence-corrected chi connectivity index (χ1v) is 9.52. The number of carbonyl (C=O) groups excluding carboxylic acids is 1. The van der Waals surface area contributed by atoms with Gasteiger partial charge < -0.3 is 10.1 Å². The third-order valence-corrected chi connectivity index (χ3v) is 5.25. The Balaban J connectivity index is 1.67. The summed E-state index contributed by atoms with van der Waals surface area (Å²) in [6.45, 7) is 0. The topological polar surface area (TPSA) is 77.6 Å². The van der Waals surface area contributed by atoms with Crippen molar-refractivity contribution in [2.24, 2.45) is 15.4 Å². The first kappa shape index (κ1) is 17.3. The molecule has 0 aromatic heterocycles. The second-order valence-electron chi connectivity index (χ2n) is 7.14. The molecule has 0 atom stereocenters. The average molecular weight is 382 g/mol. The Labute approximate surface area is 167 Å². The molecule has 5 rings (SSSR count). The van der Waals surface area contributed by atoms with Crippen LogP contribution in [0.1, 0.15) is 34.3 Å². The zero-order valence-electron chi connectivity index (χ0n) is 15.6. The number of para-hydroxylation sites is 3. The highest BCUT2D eigenvalue weighted by Gasteiger charge is 2.34. The van der Waals surface area contributed by atoms with E-state index < -0.39 is 5.91 Å². The zero-order chi connectivity index (χ0) is 19.8. The van der Waals surface area contributed by atoms with Gasteiger partial charge in [0.05, 0.1) is 22.8 Å². The summed E-state index contributed by atoms with van der Waals surface area (Å²) in [6, 6.07) is 24.1. The Morgan fingerprint density at radius 2 is 1.62 bits per heavy atom. The van der Waals surface area contributed by atoms with Gasteiger partial charge in [0.15, 0.2) is 0 Å². The van der Waals surface area contributed by atoms with Crippen molar-refractivity contribution >= 4 is 28.7 Å². The molecule has 2 aliphatic rings. The van der Waals surface area contributed by atoms with Gasteiger partial charge in [-0.1, -0.05) is 47.6 Å². The Morgan fingerprint density at radius 3 is 2.34 bits per heavy atom. The standard InChI is InChI=1S/C23H18N4O2/c28-23(25-26-29)16-11-9-15(10-12-16)22-18-5-1-3-7-20(18)27(17-13-14-17)21-8-4-2-6-19(21)24-22/h1-12,17H,13-14H2,(H,25,28,29). The molecule has 0 saturated heterocycles. The van der Waals surface area contributed by atoms with Crippen LogP contribution in [-0.2, 0) is 0 Å². The molecule has 1 aliphatic heterocycles. The van der Waals surface area contributed by atoms with Crippen LogP contribution in [-0.4, -0.2) is 22.9 Å². The highest BCUT2D eigenvalue weighted by atomic mass is 16.5. The van der Waals surface area contributed by atoms with Crippen LogP contribution in [0.25, 0.3) is 0 Å². The van der Waals surface area contributed by atoms with Crippen molar-refractivity contribution in [3.8, 4) is 0 Å². The van der Waals surface area contributed by atoms with E-state index in [4.69, 9.17) is 10.2 Å². The fraction of sp³-hybridized carbons (Fsp3) is 0.130. The summed E-state index contributed by atoms with van der Waals surface area (Å²) in [6.07, 6.45) is 2.35. The predicted octanol–water partition coefficient (Wildman–Crippen LogP) is 5.45. The Hall–Kier alpha value is -3.80. The second kappa shape index (κ2) is 6.98. The van der Waals surface area contributed by atoms with Gasteiger partial charge >= 0.3 is 0 Å². The Kier molecular flexibility index (Phi) is 4.17. The highest BCUT2D eigenvalue weighted by molar-refractivity contribution is 6.19. The average Bonchev–Trinajstić information content (AvgIpc) is 3.59. The number of carbonyl (C=O) groups is 1. The summed E-state index contributed by atoms with van der Waals surface area (Å²) >= 11 is 0. The summed E-state index contributed by atoms with van der Waals surface area (Å²) in [5.41, 5.74) is 6.38. The quantitative estimate of drug-likeness (QED) is 0.483. The molecule has 1 saturated carbocycles. The van der Waals surface area contributed by atoms with E-state index in [2.05, 4.69) is 39.6 Å². The molecule has 1 heterocycles. The molecular formula is C23H18N4O2. The number of anilines is 2. The molecule has 1 amide bonds. The van der Waals surface area contributed by atoms with Gasteiger partial charge in [-0.05, 0) is 43.2 Å². The smallest absolute Gasteiger partial charge is 0.298 e. The number of fused-ring (bicyclic) bond motifs is 2. The van der Waals surface area contributed by atoms with Crippen LogP contribution < -0.4 is 4.90 Å². The van der Waals surface area contributed by atoms with Crippen molar-refractivity contribution in [1.29, 1.82) is 0 Å². The van der Waals surface area contributed by atoms with Gasteiger partial charge in [-0.3, -0.25) is 4.79 Å². The molecule has 1 N–H and O–H groups in total. The summed E-state index contributed by atoms with van der Waals surface area (Å²) in [4.78, 5) is 19.3. The maximum Gasteiger partial charge on any atom is 0.298 e. The number of rotatable bonds is 3. The van der Waals surface area contributed by atoms with Gasteiger partial charge in [0.2, 0.25) is 0 Å². The molecule has 3 aromatic rings. The van der Waals surface area contributed by atoms with Crippen LogP contribution in [0.2, 0.25) is 0 Å². The molecule has 0 spiro atoms. The molecule has 0 unspecified atom stereocenters. The number of aliphatic imine (C=N–C) groups is 1. The van der Waals surface area contributed by atoms with Crippen LogP contribution in [0.5, 0.6) is 0 Å². The third kappa shape index (κ3) is 3.08. The minimum Gasteiger partial charge on any atom is -0.394 e. The van der Waals surface area contributed by atoms with E-state index in [0.29, 0.717) is 11.6 Å². The normalized spacial score (nSPS) is 15.4. The molecule has 1 aliphatic carbocycles. The SMILES string of the molecule is O=C(N=NO)c1ccc(C2=Nc3ccccc3N(C3CC3)c3ccccc32)cc1. The molecule has 6 heteroatoms. The lowest BCUT2D eigenvalue weighted by Crippen LogP contribution is -2.21.